The molecule has 1 N–H and O–H groups in total. The van der Waals surface area contributed by atoms with Crippen LogP contribution in [0, 0.1) is 0 Å². The molecule has 1 aromatic heterocycles. The fraction of sp³-hybridized carbons (Fsp3) is 0.474. The number of benzene rings is 1. The number of carbonyl (C=O) groups is 1. The smallest absolute Gasteiger partial charge is 0.246 e. The van der Waals surface area contributed by atoms with Crippen molar-refractivity contribution < 1.29 is 14.3 Å². The Morgan fingerprint density at radius 3 is 3.20 bits per heavy atom. The van der Waals surface area contributed by atoms with Crippen LogP contribution in [0.2, 0.25) is 0 Å². The molecule has 0 aliphatic carbocycles. The number of pyridine rings is 1. The molecule has 0 radical (unpaired) electrons. The molecule has 3 heterocycles. The predicted molar refractivity (Wildman–Crippen MR) is 96.0 cm³/mol. The predicted octanol–water partition coefficient (Wildman–Crippen LogP) is 2.12. The van der Waals surface area contributed by atoms with Gasteiger partial charge in [-0.3, -0.25) is 9.78 Å². The van der Waals surface area contributed by atoms with E-state index in [2.05, 4.69) is 28.2 Å². The van der Waals surface area contributed by atoms with Crippen LogP contribution in [0.4, 0.5) is 5.69 Å². The Balaban J connectivity index is 1.64. The average molecular weight is 341 g/mol. The Morgan fingerprint density at radius 1 is 1.40 bits per heavy atom. The third-order valence-corrected chi connectivity index (χ3v) is 4.84. The summed E-state index contributed by atoms with van der Waals surface area (Å²) in [7, 11) is 0. The van der Waals surface area contributed by atoms with Crippen molar-refractivity contribution in [3.63, 3.8) is 0 Å². The number of fused-ring (bicyclic) bond motifs is 2. The van der Waals surface area contributed by atoms with Crippen LogP contribution < -0.4 is 15.0 Å². The molecule has 0 bridgehead atoms. The highest BCUT2D eigenvalue weighted by Crippen LogP contribution is 2.33. The minimum absolute atomic E-state index is 0.0297. The van der Waals surface area contributed by atoms with Gasteiger partial charge >= 0.3 is 0 Å². The number of aromatic nitrogens is 1. The molecular formula is C19H23N3O3. The van der Waals surface area contributed by atoms with Crippen molar-refractivity contribution in [1.82, 2.24) is 10.3 Å². The molecule has 0 spiro atoms. The van der Waals surface area contributed by atoms with Crippen LogP contribution in [-0.2, 0) is 9.53 Å². The number of hydrogen-bond donors (Lipinski definition) is 1. The fourth-order valence-electron chi connectivity index (χ4n) is 3.66. The van der Waals surface area contributed by atoms with Crippen molar-refractivity contribution in [2.24, 2.45) is 0 Å². The molecule has 2 fully saturated rings. The normalized spacial score (nSPS) is 23.2. The maximum absolute atomic E-state index is 11.6. The van der Waals surface area contributed by atoms with E-state index in [1.807, 2.05) is 24.4 Å². The van der Waals surface area contributed by atoms with Crippen molar-refractivity contribution in [3.8, 4) is 5.75 Å². The van der Waals surface area contributed by atoms with Gasteiger partial charge in [0.1, 0.15) is 17.9 Å². The topological polar surface area (TPSA) is 63.7 Å². The first-order chi connectivity index (χ1) is 12.3. The van der Waals surface area contributed by atoms with Gasteiger partial charge in [0, 0.05) is 30.4 Å². The van der Waals surface area contributed by atoms with Crippen LogP contribution in [0.25, 0.3) is 10.9 Å². The molecule has 6 heteroatoms. The second kappa shape index (κ2) is 6.88. The summed E-state index contributed by atoms with van der Waals surface area (Å²) >= 11 is 0. The Hall–Kier alpha value is -2.34. The second-order valence-corrected chi connectivity index (χ2v) is 6.59. The fourth-order valence-corrected chi connectivity index (χ4v) is 3.66. The zero-order valence-electron chi connectivity index (χ0n) is 14.4. The number of amides is 1. The van der Waals surface area contributed by atoms with Crippen LogP contribution >= 0.6 is 0 Å². The molecule has 0 unspecified atom stereocenters. The summed E-state index contributed by atoms with van der Waals surface area (Å²) in [6.45, 7) is 4.60. The van der Waals surface area contributed by atoms with E-state index in [1.165, 1.54) is 0 Å². The van der Waals surface area contributed by atoms with E-state index in [9.17, 15) is 4.79 Å². The third kappa shape index (κ3) is 3.14. The lowest BCUT2D eigenvalue weighted by molar-refractivity contribution is -0.137. The summed E-state index contributed by atoms with van der Waals surface area (Å²) < 4.78 is 11.5. The van der Waals surface area contributed by atoms with Crippen LogP contribution in [0.5, 0.6) is 5.75 Å². The Morgan fingerprint density at radius 2 is 2.32 bits per heavy atom. The van der Waals surface area contributed by atoms with Gasteiger partial charge in [-0.15, -0.1) is 0 Å². The first kappa shape index (κ1) is 16.1. The zero-order valence-corrected chi connectivity index (χ0v) is 14.4. The van der Waals surface area contributed by atoms with Gasteiger partial charge in [-0.25, -0.2) is 0 Å². The minimum atomic E-state index is -0.0297. The van der Waals surface area contributed by atoms with Crippen LogP contribution in [0.15, 0.2) is 30.5 Å². The molecule has 132 valence electrons. The summed E-state index contributed by atoms with van der Waals surface area (Å²) in [6, 6.07) is 8.14. The largest absolute Gasteiger partial charge is 0.491 e. The number of nitrogens with one attached hydrogen (secondary N) is 1. The minimum Gasteiger partial charge on any atom is -0.491 e. The van der Waals surface area contributed by atoms with Gasteiger partial charge in [-0.2, -0.15) is 0 Å². The molecule has 6 nitrogen and oxygen atoms in total. The molecule has 1 amide bonds. The molecule has 2 atom stereocenters. The molecule has 2 aliphatic rings. The highest BCUT2D eigenvalue weighted by molar-refractivity contribution is 5.95. The van der Waals surface area contributed by atoms with Gasteiger partial charge in [0.25, 0.3) is 0 Å². The first-order valence-corrected chi connectivity index (χ1v) is 8.92. The first-order valence-electron chi connectivity index (χ1n) is 8.92. The van der Waals surface area contributed by atoms with Crippen molar-refractivity contribution in [3.05, 3.63) is 30.5 Å². The molecule has 2 aliphatic heterocycles. The second-order valence-electron chi connectivity index (χ2n) is 6.59. The molecular weight excluding hydrogens is 318 g/mol. The van der Waals surface area contributed by atoms with Crippen molar-refractivity contribution >= 4 is 22.5 Å². The monoisotopic (exact) mass is 341 g/mol. The van der Waals surface area contributed by atoms with E-state index >= 15 is 0 Å². The van der Waals surface area contributed by atoms with Crippen molar-refractivity contribution in [2.75, 3.05) is 31.2 Å². The number of anilines is 1. The quantitative estimate of drug-likeness (QED) is 0.923. The summed E-state index contributed by atoms with van der Waals surface area (Å²) in [5.41, 5.74) is 2.02. The number of hydrogen-bond acceptors (Lipinski definition) is 5. The number of morpholine rings is 1. The number of rotatable bonds is 4. The van der Waals surface area contributed by atoms with E-state index in [4.69, 9.17) is 9.47 Å². The van der Waals surface area contributed by atoms with E-state index in [-0.39, 0.29) is 24.7 Å². The van der Waals surface area contributed by atoms with E-state index < -0.39 is 0 Å². The van der Waals surface area contributed by atoms with E-state index in [0.29, 0.717) is 6.61 Å². The van der Waals surface area contributed by atoms with E-state index in [0.717, 1.165) is 48.3 Å². The molecule has 1 aromatic carbocycles. The maximum atomic E-state index is 11.6. The summed E-state index contributed by atoms with van der Waals surface area (Å²) in [5, 5.41) is 4.14. The van der Waals surface area contributed by atoms with Gasteiger partial charge in [0.05, 0.1) is 18.8 Å². The molecule has 25 heavy (non-hydrogen) atoms. The van der Waals surface area contributed by atoms with Crippen LogP contribution in [0.3, 0.4) is 0 Å². The molecule has 4 rings (SSSR count). The highest BCUT2D eigenvalue weighted by Gasteiger charge is 2.35. The number of ether oxygens (including phenoxy) is 2. The van der Waals surface area contributed by atoms with Crippen molar-refractivity contribution in [1.29, 1.82) is 0 Å². The summed E-state index contributed by atoms with van der Waals surface area (Å²) in [6.07, 6.45) is 3.81. The SMILES string of the molecule is CCCOc1cccc2c(N3CC[C@@H]4OCC(=O)N[C@@H]4C3)ccnc12. The Bertz CT molecular complexity index is 780. The number of para-hydroxylation sites is 1. The standard InChI is InChI=1S/C19H23N3O3/c1-2-10-24-17-5-3-4-13-15(6-8-20-19(13)17)22-9-7-16-14(11-22)21-18(23)12-25-16/h3-6,8,14,16H,2,7,9-12H2,1H3,(H,21,23)/t14-,16+/m1/s1. The van der Waals surface area contributed by atoms with Gasteiger partial charge in [0.15, 0.2) is 0 Å². The van der Waals surface area contributed by atoms with Crippen LogP contribution in [0.1, 0.15) is 19.8 Å². The van der Waals surface area contributed by atoms with Gasteiger partial charge in [0.2, 0.25) is 5.91 Å². The third-order valence-electron chi connectivity index (χ3n) is 4.84. The molecule has 2 saturated heterocycles. The zero-order chi connectivity index (χ0) is 17.2. The van der Waals surface area contributed by atoms with Gasteiger partial charge in [-0.1, -0.05) is 19.1 Å². The Labute approximate surface area is 147 Å². The molecule has 2 aromatic rings. The van der Waals surface area contributed by atoms with Crippen molar-refractivity contribution in [2.45, 2.75) is 31.9 Å². The maximum Gasteiger partial charge on any atom is 0.246 e. The Kier molecular flexibility index (Phi) is 4.44. The number of carbonyl (C=O) groups excluding carboxylic acids is 1. The lowest BCUT2D eigenvalue weighted by atomic mass is 9.99. The lowest BCUT2D eigenvalue weighted by Gasteiger charge is -2.42. The summed E-state index contributed by atoms with van der Waals surface area (Å²) in [5.74, 6) is 0.795. The van der Waals surface area contributed by atoms with Gasteiger partial charge < -0.3 is 19.7 Å². The number of piperidine rings is 1. The van der Waals surface area contributed by atoms with Gasteiger partial charge in [-0.05, 0) is 25.0 Å². The summed E-state index contributed by atoms with van der Waals surface area (Å²) in [4.78, 5) is 18.5. The molecule has 0 saturated carbocycles. The van der Waals surface area contributed by atoms with Crippen LogP contribution in [-0.4, -0.2) is 49.3 Å². The highest BCUT2D eigenvalue weighted by atomic mass is 16.5. The average Bonchev–Trinajstić information content (AvgIpc) is 2.65. The number of nitrogens with zero attached hydrogens (tertiary/aromatic N) is 2. The lowest BCUT2D eigenvalue weighted by Crippen LogP contribution is -2.60. The van der Waals surface area contributed by atoms with E-state index in [1.54, 1.807) is 0 Å².